The van der Waals surface area contributed by atoms with Gasteiger partial charge in [-0.05, 0) is 169 Å². The zero-order chi connectivity index (χ0) is 68.1. The van der Waals surface area contributed by atoms with Crippen molar-refractivity contribution in [1.29, 1.82) is 0 Å². The van der Waals surface area contributed by atoms with Crippen molar-refractivity contribution < 1.29 is 0 Å². The van der Waals surface area contributed by atoms with E-state index in [1.165, 1.54) is 175 Å². The van der Waals surface area contributed by atoms with Crippen LogP contribution in [0.25, 0.3) is 170 Å². The van der Waals surface area contributed by atoms with E-state index in [0.29, 0.717) is 5.92 Å². The minimum atomic E-state index is 0.444. The monoisotopic (exact) mass is 1380 g/mol. The molecule has 15 aromatic carbocycles. The van der Waals surface area contributed by atoms with E-state index >= 15 is 0 Å². The van der Waals surface area contributed by atoms with Crippen LogP contribution in [0.3, 0.4) is 0 Å². The van der Waals surface area contributed by atoms with E-state index in [0.717, 1.165) is 12.1 Å². The fourth-order valence-electron chi connectivity index (χ4n) is 16.6. The summed E-state index contributed by atoms with van der Waals surface area (Å²) in [4.78, 5) is 3.57. The second-order valence-corrected chi connectivity index (χ2v) is 27.8. The predicted octanol–water partition coefficient (Wildman–Crippen LogP) is 26.2. The van der Waals surface area contributed by atoms with Crippen LogP contribution in [-0.2, 0) is 0 Å². The number of allylic oxidation sites excluding steroid dienone is 4. The number of rotatable bonds is 7. The Labute approximate surface area is 602 Å². The van der Waals surface area contributed by atoms with Crippen molar-refractivity contribution in [2.45, 2.75) is 12.3 Å². The first-order valence-electron chi connectivity index (χ1n) is 35.4. The maximum absolute atomic E-state index is 3.57. The van der Waals surface area contributed by atoms with Crippen LogP contribution in [0.4, 0.5) is 0 Å². The van der Waals surface area contributed by atoms with Crippen LogP contribution in [0.2, 0.25) is 0 Å². The zero-order valence-electron chi connectivity index (χ0n) is 56.1. The lowest BCUT2D eigenvalue weighted by Crippen LogP contribution is -1.97. The van der Waals surface area contributed by atoms with Crippen LogP contribution in [0, 0.1) is 0 Å². The second-order valence-electron chi connectivity index (χ2n) is 26.9. The van der Waals surface area contributed by atoms with Crippen molar-refractivity contribution in [3.05, 3.63) is 380 Å². The predicted molar refractivity (Wildman–Crippen MR) is 439 cm³/mol. The molecule has 1 atom stereocenters. The Hall–Kier alpha value is -12.9. The van der Waals surface area contributed by atoms with Gasteiger partial charge in [0.25, 0.3) is 0 Å². The van der Waals surface area contributed by atoms with Crippen LogP contribution < -0.4 is 0 Å². The lowest BCUT2D eigenvalue weighted by molar-refractivity contribution is 0.854. The SMILES string of the molecule is BrC1=CCC(c2ccc3c(c2)c2ccccc2n3-c2ccccc2)C=C1.c1ccc(-n2c3ccccc3c3c4c(ccc32)[nH]c2ccccc24)cc1.c1ccc(-n2c3ccccc3c3cc(-c4ccc(-n5c6ccccc6c6c7c8ccccc8n(-c8ccccc8)c7ccc65)cc4)ccc32)cc1. The van der Waals surface area contributed by atoms with Gasteiger partial charge in [0.1, 0.15) is 0 Å². The van der Waals surface area contributed by atoms with Crippen LogP contribution in [-0.4, -0.2) is 27.8 Å². The Morgan fingerprint density at radius 1 is 0.252 bits per heavy atom. The number of hydrogen-bond donors (Lipinski definition) is 1. The maximum Gasteiger partial charge on any atom is 0.0548 e. The first-order chi connectivity index (χ1) is 51.1. The number of nitrogens with one attached hydrogen (secondary N) is 1. The zero-order valence-corrected chi connectivity index (χ0v) is 57.7. The molecule has 0 fully saturated rings. The molecule has 6 heterocycles. The van der Waals surface area contributed by atoms with Gasteiger partial charge in [-0.25, -0.2) is 0 Å². The van der Waals surface area contributed by atoms with Crippen molar-refractivity contribution in [2.75, 3.05) is 0 Å². The lowest BCUT2D eigenvalue weighted by Gasteiger charge is -2.15. The van der Waals surface area contributed by atoms with Gasteiger partial charge >= 0.3 is 0 Å². The summed E-state index contributed by atoms with van der Waals surface area (Å²) >= 11 is 3.56. The highest BCUT2D eigenvalue weighted by atomic mass is 79.9. The van der Waals surface area contributed by atoms with E-state index in [2.05, 4.69) is 414 Å². The van der Waals surface area contributed by atoms with Crippen molar-refractivity contribution in [3.63, 3.8) is 0 Å². The number of H-pyrrole nitrogens is 1. The summed E-state index contributed by atoms with van der Waals surface area (Å²) in [5.74, 6) is 0.444. The van der Waals surface area contributed by atoms with E-state index in [9.17, 15) is 0 Å². The van der Waals surface area contributed by atoms with Crippen LogP contribution >= 0.6 is 15.9 Å². The van der Waals surface area contributed by atoms with Crippen LogP contribution in [0.5, 0.6) is 0 Å². The molecule has 0 radical (unpaired) electrons. The molecule has 6 aromatic heterocycles. The smallest absolute Gasteiger partial charge is 0.0548 e. The van der Waals surface area contributed by atoms with Gasteiger partial charge < -0.3 is 27.8 Å². The number of hydrogen-bond acceptors (Lipinski definition) is 0. The molecule has 1 aliphatic rings. The van der Waals surface area contributed by atoms with Crippen molar-refractivity contribution >= 4 is 147 Å². The summed E-state index contributed by atoms with van der Waals surface area (Å²) in [6.45, 7) is 0. The van der Waals surface area contributed by atoms with Gasteiger partial charge in [0.15, 0.2) is 0 Å². The number of halogens is 1. The molecule has 0 saturated carbocycles. The van der Waals surface area contributed by atoms with Gasteiger partial charge in [0.05, 0.1) is 55.2 Å². The third kappa shape index (κ3) is 9.90. The number of para-hydroxylation sites is 10. The highest BCUT2D eigenvalue weighted by Gasteiger charge is 2.23. The number of nitrogens with zero attached hydrogens (tertiary/aromatic N) is 5. The summed E-state index contributed by atoms with van der Waals surface area (Å²) in [5, 5.41) is 15.5. The summed E-state index contributed by atoms with van der Waals surface area (Å²) < 4.78 is 13.1. The van der Waals surface area contributed by atoms with E-state index in [4.69, 9.17) is 0 Å². The molecular weight excluding hydrogens is 1320 g/mol. The Morgan fingerprint density at radius 3 is 1.06 bits per heavy atom. The summed E-state index contributed by atoms with van der Waals surface area (Å²) in [5.41, 5.74) is 24.4. The van der Waals surface area contributed by atoms with Gasteiger partial charge in [0.2, 0.25) is 0 Å². The molecule has 1 aliphatic carbocycles. The van der Waals surface area contributed by atoms with Crippen LogP contribution in [0.1, 0.15) is 17.9 Å². The Kier molecular flexibility index (Phi) is 14.4. The Morgan fingerprint density at radius 2 is 0.592 bits per heavy atom. The maximum atomic E-state index is 3.57. The van der Waals surface area contributed by atoms with Gasteiger partial charge in [-0.15, -0.1) is 0 Å². The molecular formula is C96H65BrN6. The highest BCUT2D eigenvalue weighted by Crippen LogP contribution is 2.45. The fourth-order valence-corrected chi connectivity index (χ4v) is 17.0. The van der Waals surface area contributed by atoms with E-state index in [-0.39, 0.29) is 0 Å². The minimum Gasteiger partial charge on any atom is -0.354 e. The van der Waals surface area contributed by atoms with E-state index in [1.807, 2.05) is 0 Å². The summed E-state index contributed by atoms with van der Waals surface area (Å²) in [6, 6.07) is 127. The molecule has 0 saturated heterocycles. The largest absolute Gasteiger partial charge is 0.354 e. The minimum absolute atomic E-state index is 0.444. The molecule has 7 heteroatoms. The average Bonchev–Trinajstić information content (AvgIpc) is 1.56. The first kappa shape index (κ1) is 60.1. The number of aromatic amines is 1. The summed E-state index contributed by atoms with van der Waals surface area (Å²) in [7, 11) is 0. The standard InChI is InChI=1S/C48H31N3.C24H18BrN.C24H16N2/c1-3-13-34(14-4-1)49-41-20-10-7-17-37(41)40-31-33(25-28-44(40)49)32-23-26-36(27-24-32)51-43-22-12-9-19-39(43)48-46(51)30-29-45-47(48)38-18-8-11-21-42(38)50(45)35-15-5-2-6-16-35;25-19-13-10-17(11-14-19)18-12-15-24-22(16-18)21-8-4-5-9-23(21)26(24)20-6-2-1-3-7-20;1-2-8-16(9-3-1)26-21-13-7-5-11-18(21)24-22(26)15-14-20-23(24)17-10-4-6-12-19(17)25-20/h1-31H;1-10,12-17H,11H2;1-15,25H. The van der Waals surface area contributed by atoms with Gasteiger partial charge in [-0.1, -0.05) is 240 Å². The molecule has 22 rings (SSSR count). The topological polar surface area (TPSA) is 40.4 Å². The second kappa shape index (κ2) is 24.7. The van der Waals surface area contributed by atoms with Gasteiger partial charge in [0, 0.05) is 115 Å². The Balaban J connectivity index is 0.000000114. The first-order valence-corrected chi connectivity index (χ1v) is 36.2. The molecule has 6 nitrogen and oxygen atoms in total. The molecule has 1 N–H and O–H groups in total. The molecule has 0 spiro atoms. The molecule has 103 heavy (non-hydrogen) atoms. The third-order valence-electron chi connectivity index (χ3n) is 21.1. The van der Waals surface area contributed by atoms with Gasteiger partial charge in [-0.2, -0.15) is 0 Å². The molecule has 1 unspecified atom stereocenters. The number of aromatic nitrogens is 6. The summed E-state index contributed by atoms with van der Waals surface area (Å²) in [6.07, 6.45) is 7.75. The fraction of sp³-hybridized carbons (Fsp3) is 0.0208. The van der Waals surface area contributed by atoms with E-state index < -0.39 is 0 Å². The highest BCUT2D eigenvalue weighted by molar-refractivity contribution is 9.11. The number of fused-ring (bicyclic) bond motifs is 20. The quantitative estimate of drug-likeness (QED) is 0.165. The van der Waals surface area contributed by atoms with E-state index in [1.54, 1.807) is 0 Å². The van der Waals surface area contributed by atoms with Crippen molar-refractivity contribution in [2.24, 2.45) is 0 Å². The van der Waals surface area contributed by atoms with Crippen LogP contribution in [0.15, 0.2) is 375 Å². The van der Waals surface area contributed by atoms with Crippen molar-refractivity contribution in [1.82, 2.24) is 27.8 Å². The lowest BCUT2D eigenvalue weighted by atomic mass is 9.91. The van der Waals surface area contributed by atoms with Crippen molar-refractivity contribution in [3.8, 4) is 39.6 Å². The molecule has 486 valence electrons. The third-order valence-corrected chi connectivity index (χ3v) is 21.7. The Bertz CT molecular complexity index is 6940. The molecule has 0 bridgehead atoms. The number of benzene rings is 15. The molecule has 0 aliphatic heterocycles. The average molecular weight is 1380 g/mol. The molecule has 21 aromatic rings. The van der Waals surface area contributed by atoms with Gasteiger partial charge in [-0.3, -0.25) is 0 Å². The molecule has 0 amide bonds. The normalized spacial score (nSPS) is 13.2.